The van der Waals surface area contributed by atoms with E-state index >= 15 is 0 Å². The quantitative estimate of drug-likeness (QED) is 0.409. The van der Waals surface area contributed by atoms with Crippen LogP contribution in [0.3, 0.4) is 0 Å². The smallest absolute Gasteiger partial charge is 0.416 e. The van der Waals surface area contributed by atoms with Crippen LogP contribution in [0.2, 0.25) is 0 Å². The monoisotopic (exact) mass is 451 g/mol. The highest BCUT2D eigenvalue weighted by Crippen LogP contribution is 2.42. The third kappa shape index (κ3) is 3.34. The van der Waals surface area contributed by atoms with Gasteiger partial charge in [-0.3, -0.25) is 14.5 Å². The molecule has 1 atom stereocenters. The lowest BCUT2D eigenvalue weighted by atomic mass is 9.98. The fourth-order valence-corrected chi connectivity index (χ4v) is 4.12. The van der Waals surface area contributed by atoms with Crippen LogP contribution >= 0.6 is 0 Å². The Hall–Kier alpha value is -4.07. The first kappa shape index (κ1) is 20.8. The van der Waals surface area contributed by atoms with Gasteiger partial charge in [-0.1, -0.05) is 30.3 Å². The van der Waals surface area contributed by atoms with E-state index in [1.807, 2.05) is 0 Å². The maximum absolute atomic E-state index is 13.4. The van der Waals surface area contributed by atoms with Crippen molar-refractivity contribution in [1.82, 2.24) is 0 Å². The number of methoxy groups -OCH3 is 1. The van der Waals surface area contributed by atoms with Crippen molar-refractivity contribution in [3.05, 3.63) is 105 Å². The number of amides is 1. The van der Waals surface area contributed by atoms with Gasteiger partial charge >= 0.3 is 6.18 Å². The fourth-order valence-electron chi connectivity index (χ4n) is 4.12. The van der Waals surface area contributed by atoms with Crippen molar-refractivity contribution in [2.45, 2.75) is 12.2 Å². The lowest BCUT2D eigenvalue weighted by molar-refractivity contribution is -0.137. The number of carbonyl (C=O) groups excluding carboxylic acids is 1. The Morgan fingerprint density at radius 3 is 2.36 bits per heavy atom. The zero-order chi connectivity index (χ0) is 23.3. The lowest BCUT2D eigenvalue weighted by Gasteiger charge is -2.26. The van der Waals surface area contributed by atoms with Crippen LogP contribution in [-0.4, -0.2) is 13.0 Å². The molecule has 0 spiro atoms. The van der Waals surface area contributed by atoms with E-state index in [0.29, 0.717) is 11.3 Å². The van der Waals surface area contributed by atoms with Crippen molar-refractivity contribution in [3.8, 4) is 5.75 Å². The lowest BCUT2D eigenvalue weighted by Crippen LogP contribution is -2.29. The van der Waals surface area contributed by atoms with Crippen molar-refractivity contribution < 1.29 is 27.1 Å². The van der Waals surface area contributed by atoms with Crippen molar-refractivity contribution in [3.63, 3.8) is 0 Å². The van der Waals surface area contributed by atoms with Crippen LogP contribution in [0.4, 0.5) is 18.9 Å². The number of nitrogens with zero attached hydrogens (tertiary/aromatic N) is 1. The van der Waals surface area contributed by atoms with Crippen LogP contribution in [-0.2, 0) is 6.18 Å². The van der Waals surface area contributed by atoms with Crippen LogP contribution in [0.1, 0.15) is 33.3 Å². The van der Waals surface area contributed by atoms with Crippen molar-refractivity contribution >= 4 is 22.6 Å². The minimum Gasteiger partial charge on any atom is -0.497 e. The van der Waals surface area contributed by atoms with E-state index < -0.39 is 29.1 Å². The minimum atomic E-state index is -4.59. The molecule has 8 heteroatoms. The summed E-state index contributed by atoms with van der Waals surface area (Å²) in [7, 11) is 1.50. The summed E-state index contributed by atoms with van der Waals surface area (Å²) in [5.41, 5.74) is -0.458. The van der Waals surface area contributed by atoms with Crippen molar-refractivity contribution in [1.29, 1.82) is 0 Å². The predicted molar refractivity (Wildman–Crippen MR) is 116 cm³/mol. The molecule has 2 heterocycles. The molecule has 5 nitrogen and oxygen atoms in total. The number of para-hydroxylation sites is 1. The number of hydrogen-bond acceptors (Lipinski definition) is 4. The first-order chi connectivity index (χ1) is 15.8. The molecule has 1 amide bonds. The molecule has 0 aliphatic carbocycles. The number of fused-ring (bicyclic) bond motifs is 2. The van der Waals surface area contributed by atoms with E-state index in [0.717, 1.165) is 12.1 Å². The Morgan fingerprint density at radius 2 is 1.67 bits per heavy atom. The van der Waals surface area contributed by atoms with Crippen LogP contribution in [0.25, 0.3) is 11.0 Å². The molecule has 1 aromatic heterocycles. The Morgan fingerprint density at radius 1 is 0.939 bits per heavy atom. The SMILES string of the molecule is COc1ccc(C2c3c(oc4ccccc4c3=O)C(=O)N2c2cccc(C(F)(F)F)c2)cc1. The molecule has 1 aliphatic rings. The van der Waals surface area contributed by atoms with Crippen LogP contribution in [0.5, 0.6) is 5.75 Å². The number of carbonyl (C=O) groups is 1. The highest BCUT2D eigenvalue weighted by Gasteiger charge is 2.44. The molecule has 5 rings (SSSR count). The predicted octanol–water partition coefficient (Wildman–Crippen LogP) is 5.57. The highest BCUT2D eigenvalue weighted by atomic mass is 19.4. The average molecular weight is 451 g/mol. The summed E-state index contributed by atoms with van der Waals surface area (Å²) in [5, 5.41) is 0.286. The second-order valence-electron chi connectivity index (χ2n) is 7.57. The summed E-state index contributed by atoms with van der Waals surface area (Å²) >= 11 is 0. The van der Waals surface area contributed by atoms with Gasteiger partial charge in [-0.15, -0.1) is 0 Å². The molecule has 0 N–H and O–H groups in total. The zero-order valence-electron chi connectivity index (χ0n) is 17.2. The molecular weight excluding hydrogens is 435 g/mol. The molecule has 33 heavy (non-hydrogen) atoms. The van der Waals surface area contributed by atoms with Gasteiger partial charge in [-0.2, -0.15) is 13.2 Å². The molecule has 0 fully saturated rings. The summed E-state index contributed by atoms with van der Waals surface area (Å²) in [6.07, 6.45) is -4.59. The summed E-state index contributed by atoms with van der Waals surface area (Å²) < 4.78 is 51.1. The largest absolute Gasteiger partial charge is 0.497 e. The van der Waals surface area contributed by atoms with E-state index in [9.17, 15) is 22.8 Å². The second-order valence-corrected chi connectivity index (χ2v) is 7.57. The molecule has 1 unspecified atom stereocenters. The molecule has 0 saturated carbocycles. The minimum absolute atomic E-state index is 0.00509. The number of benzene rings is 3. The summed E-state index contributed by atoms with van der Waals surface area (Å²) in [6, 6.07) is 16.6. The Bertz CT molecular complexity index is 1440. The Kier molecular flexibility index (Phi) is 4.74. The normalized spacial score (nSPS) is 15.7. The standard InChI is InChI=1S/C25H16F3NO4/c1-32-17-11-9-14(10-12-17)21-20-22(30)18-7-2-3-8-19(18)33-23(20)24(31)29(21)16-6-4-5-15(13-16)25(26,27)28/h2-13,21H,1H3. The Balaban J connectivity index is 1.77. The topological polar surface area (TPSA) is 59.8 Å². The van der Waals surface area contributed by atoms with Crippen LogP contribution < -0.4 is 15.1 Å². The molecule has 0 radical (unpaired) electrons. The molecule has 0 bridgehead atoms. The maximum atomic E-state index is 13.4. The van der Waals surface area contributed by atoms with E-state index in [-0.39, 0.29) is 28.0 Å². The van der Waals surface area contributed by atoms with Gasteiger partial charge in [-0.25, -0.2) is 0 Å². The van der Waals surface area contributed by atoms with Crippen molar-refractivity contribution in [2.75, 3.05) is 12.0 Å². The Labute approximate surface area is 185 Å². The molecule has 0 saturated heterocycles. The fraction of sp³-hybridized carbons (Fsp3) is 0.120. The number of ether oxygens (including phenoxy) is 1. The molecule has 166 valence electrons. The summed E-state index contributed by atoms with van der Waals surface area (Å²) in [4.78, 5) is 28.1. The van der Waals surface area contributed by atoms with Crippen molar-refractivity contribution in [2.24, 2.45) is 0 Å². The average Bonchev–Trinajstić information content (AvgIpc) is 3.11. The third-order valence-electron chi connectivity index (χ3n) is 5.66. The van der Waals surface area contributed by atoms with Gasteiger partial charge in [0.15, 0.2) is 5.43 Å². The van der Waals surface area contributed by atoms with E-state index in [2.05, 4.69) is 0 Å². The number of anilines is 1. The first-order valence-electron chi connectivity index (χ1n) is 10.00. The van der Waals surface area contributed by atoms with E-state index in [1.54, 1.807) is 48.5 Å². The number of halogens is 3. The summed E-state index contributed by atoms with van der Waals surface area (Å²) in [5.74, 6) is -0.315. The maximum Gasteiger partial charge on any atom is 0.416 e. The number of alkyl halides is 3. The van der Waals surface area contributed by atoms with Gasteiger partial charge in [0.1, 0.15) is 11.3 Å². The highest BCUT2D eigenvalue weighted by molar-refractivity contribution is 6.10. The zero-order valence-corrected chi connectivity index (χ0v) is 17.2. The second kappa shape index (κ2) is 7.51. The van der Waals surface area contributed by atoms with Crippen LogP contribution in [0, 0.1) is 0 Å². The van der Waals surface area contributed by atoms with Gasteiger partial charge in [0, 0.05) is 5.69 Å². The van der Waals surface area contributed by atoms with E-state index in [4.69, 9.17) is 9.15 Å². The first-order valence-corrected chi connectivity index (χ1v) is 10.00. The van der Waals surface area contributed by atoms with E-state index in [1.165, 1.54) is 24.1 Å². The van der Waals surface area contributed by atoms with Gasteiger partial charge in [0.25, 0.3) is 5.91 Å². The van der Waals surface area contributed by atoms with Gasteiger partial charge in [0.05, 0.1) is 29.7 Å². The molecule has 3 aromatic carbocycles. The number of rotatable bonds is 3. The molecule has 1 aliphatic heterocycles. The number of hydrogen-bond donors (Lipinski definition) is 0. The summed E-state index contributed by atoms with van der Waals surface area (Å²) in [6.45, 7) is 0. The van der Waals surface area contributed by atoms with Crippen LogP contribution in [0.15, 0.2) is 82.0 Å². The van der Waals surface area contributed by atoms with Gasteiger partial charge < -0.3 is 9.15 Å². The molecular formula is C25H16F3NO4. The third-order valence-corrected chi connectivity index (χ3v) is 5.66. The molecule has 4 aromatic rings. The van der Waals surface area contributed by atoms with Gasteiger partial charge in [-0.05, 0) is 48.0 Å². The van der Waals surface area contributed by atoms with Gasteiger partial charge in [0.2, 0.25) is 5.76 Å².